The molecule has 3 fully saturated rings. The van der Waals surface area contributed by atoms with Gasteiger partial charge in [0, 0.05) is 36.6 Å². The van der Waals surface area contributed by atoms with Crippen LogP contribution in [0.25, 0.3) is 22.5 Å². The monoisotopic (exact) mass is 952 g/mol. The molecule has 19 heteroatoms. The van der Waals surface area contributed by atoms with Gasteiger partial charge in [0.05, 0.1) is 61.7 Å². The second kappa shape index (κ2) is 20.4. The van der Waals surface area contributed by atoms with Crippen LogP contribution in [0, 0.1) is 11.8 Å². The van der Waals surface area contributed by atoms with E-state index < -0.39 is 36.1 Å². The van der Waals surface area contributed by atoms with Crippen LogP contribution in [0.3, 0.4) is 0 Å². The lowest BCUT2D eigenvalue weighted by molar-refractivity contribution is -0.141. The predicted octanol–water partition coefficient (Wildman–Crippen LogP) is 9.05. The molecule has 0 spiro atoms. The van der Waals surface area contributed by atoms with Crippen LogP contribution < -0.4 is 15.5 Å². The van der Waals surface area contributed by atoms with Gasteiger partial charge in [0.25, 0.3) is 0 Å². The molecule has 2 aromatic carbocycles. The number of benzene rings is 2. The maximum absolute atomic E-state index is 13.7. The second-order valence-corrected chi connectivity index (χ2v) is 18.6. The van der Waals surface area contributed by atoms with Crippen LogP contribution >= 0.6 is 0 Å². The number of likely N-dealkylation sites (tertiary alicyclic amines) is 2. The van der Waals surface area contributed by atoms with E-state index in [9.17, 15) is 32.3 Å². The molecule has 3 aromatic heterocycles. The number of nitrogens with zero attached hydrogens (tertiary/aromatic N) is 6. The molecule has 8 rings (SSSR count). The van der Waals surface area contributed by atoms with Crippen molar-refractivity contribution in [3.05, 3.63) is 108 Å². The molecule has 69 heavy (non-hydrogen) atoms. The Bertz CT molecular complexity index is 2450. The first-order valence-electron chi connectivity index (χ1n) is 23.5. The molecule has 3 aliphatic heterocycles. The summed E-state index contributed by atoms with van der Waals surface area (Å²) in [6, 6.07) is 16.1. The number of nitrogens with one attached hydrogen (secondary N) is 4. The number of halogens is 3. The molecule has 5 aromatic rings. The zero-order valence-electron chi connectivity index (χ0n) is 39.5. The van der Waals surface area contributed by atoms with Crippen LogP contribution in [-0.2, 0) is 25.2 Å². The van der Waals surface area contributed by atoms with Crippen LogP contribution in [-0.4, -0.2) is 98.1 Å². The number of pyridine rings is 1. The number of alkyl carbamates (subject to hydrolysis) is 2. The number of ether oxygens (including phenoxy) is 2. The molecule has 0 radical (unpaired) electrons. The predicted molar refractivity (Wildman–Crippen MR) is 250 cm³/mol. The number of carbonyl (C=O) groups excluding carboxylic acids is 4. The Balaban J connectivity index is 1.00. The third-order valence-corrected chi connectivity index (χ3v) is 13.6. The van der Waals surface area contributed by atoms with E-state index in [0.717, 1.165) is 54.0 Å². The largest absolute Gasteiger partial charge is 0.453 e. The van der Waals surface area contributed by atoms with Gasteiger partial charge in [0.1, 0.15) is 29.4 Å². The zero-order valence-corrected chi connectivity index (χ0v) is 39.5. The zero-order chi connectivity index (χ0) is 49.1. The Hall–Kier alpha value is -6.92. The summed E-state index contributed by atoms with van der Waals surface area (Å²) in [5.41, 5.74) is 4.64. The Labute approximate surface area is 398 Å². The van der Waals surface area contributed by atoms with Crippen molar-refractivity contribution in [2.24, 2.45) is 11.8 Å². The molecule has 366 valence electrons. The summed E-state index contributed by atoms with van der Waals surface area (Å²) in [6.45, 7) is 8.55. The lowest BCUT2D eigenvalue weighted by Crippen LogP contribution is -2.51. The van der Waals surface area contributed by atoms with E-state index in [1.165, 1.54) is 26.5 Å². The summed E-state index contributed by atoms with van der Waals surface area (Å²) < 4.78 is 50.6. The van der Waals surface area contributed by atoms with Gasteiger partial charge in [-0.05, 0) is 73.6 Å². The van der Waals surface area contributed by atoms with Crippen LogP contribution in [0.5, 0.6) is 0 Å². The van der Waals surface area contributed by atoms with Crippen molar-refractivity contribution in [2.75, 3.05) is 32.2 Å². The second-order valence-electron chi connectivity index (χ2n) is 18.6. The Kier molecular flexibility index (Phi) is 14.3. The number of carbonyl (C=O) groups is 4. The molecular formula is C50H59F3N10O6. The first-order valence-corrected chi connectivity index (χ1v) is 23.5. The first-order chi connectivity index (χ1) is 33.1. The van der Waals surface area contributed by atoms with Crippen LogP contribution in [0.1, 0.15) is 119 Å². The molecule has 4 amide bonds. The SMILES string of the molecule is COC(=O)N[C@H](C(=O)N1CCC[C@H]1c1nc(-c2ccc([C@@H]3CC[C@@H](c4ccc(-c5c[nH]c([C@@H]6CCCN6C(=O)[C@@H](NC(=O)OC)C(C)C)n5)cc4)N3c3ccc(C(F)(F)F)nc3)cc2)c[nH]1)C(C)C. The molecule has 0 saturated carbocycles. The average molecular weight is 953 g/mol. The lowest BCUT2D eigenvalue weighted by atomic mass is 10.0. The summed E-state index contributed by atoms with van der Waals surface area (Å²) in [4.78, 5) is 77.4. The minimum atomic E-state index is -4.58. The third kappa shape index (κ3) is 10.3. The minimum Gasteiger partial charge on any atom is -0.453 e. The van der Waals surface area contributed by atoms with Gasteiger partial charge in [0.2, 0.25) is 11.8 Å². The molecule has 0 aliphatic carbocycles. The number of hydrogen-bond acceptors (Lipinski definition) is 10. The van der Waals surface area contributed by atoms with E-state index in [-0.39, 0.29) is 47.8 Å². The van der Waals surface area contributed by atoms with Crippen molar-refractivity contribution in [1.82, 2.24) is 45.4 Å². The standard InChI is InChI=1S/C50H59F3N10O6/c1-28(2)42(59-48(66)68-5)46(64)61-23-7-9-39(61)44-55-26-35(57-44)30-11-15-32(16-12-30)37-20-21-38(63(37)34-19-22-41(54-25-34)50(51,52)53)33-17-13-31(14-18-33)36-27-56-45(58-36)40-10-8-24-62(40)47(65)43(29(3)4)60-49(67)69-6/h11-19,22,25-29,37-40,42-43H,7-10,20-21,23-24H2,1-6H3,(H,55,57)(H,56,58)(H,59,66)(H,60,67)/t37-,38-,39-,40-,42-,43-/m0/s1. The number of H-pyrrole nitrogens is 2. The number of anilines is 1. The highest BCUT2D eigenvalue weighted by Gasteiger charge is 2.41. The highest BCUT2D eigenvalue weighted by Crippen LogP contribution is 2.48. The van der Waals surface area contributed by atoms with Crippen molar-refractivity contribution in [1.29, 1.82) is 0 Å². The molecule has 0 unspecified atom stereocenters. The summed E-state index contributed by atoms with van der Waals surface area (Å²) in [7, 11) is 2.53. The fourth-order valence-electron chi connectivity index (χ4n) is 9.98. The Morgan fingerprint density at radius 2 is 1.07 bits per heavy atom. The highest BCUT2D eigenvalue weighted by atomic mass is 19.4. The third-order valence-electron chi connectivity index (χ3n) is 13.6. The minimum absolute atomic E-state index is 0.160. The van der Waals surface area contributed by atoms with Crippen molar-refractivity contribution in [3.63, 3.8) is 0 Å². The van der Waals surface area contributed by atoms with Gasteiger partial charge in [-0.3, -0.25) is 9.59 Å². The van der Waals surface area contributed by atoms with Gasteiger partial charge in [-0.15, -0.1) is 0 Å². The first kappa shape index (κ1) is 48.5. The van der Waals surface area contributed by atoms with Gasteiger partial charge >= 0.3 is 18.4 Å². The van der Waals surface area contributed by atoms with Crippen LogP contribution in [0.2, 0.25) is 0 Å². The molecule has 3 saturated heterocycles. The topological polar surface area (TPSA) is 191 Å². The normalized spacial score (nSPS) is 20.4. The van der Waals surface area contributed by atoms with Crippen molar-refractivity contribution >= 4 is 29.7 Å². The fourth-order valence-corrected chi connectivity index (χ4v) is 9.98. The summed E-state index contributed by atoms with van der Waals surface area (Å²) in [5.74, 6) is 0.594. The molecule has 0 bridgehead atoms. The number of methoxy groups -OCH3 is 2. The molecule has 4 N–H and O–H groups in total. The molecule has 16 nitrogen and oxygen atoms in total. The van der Waals surface area contributed by atoms with Gasteiger partial charge in [-0.1, -0.05) is 76.2 Å². The summed E-state index contributed by atoms with van der Waals surface area (Å²) in [5, 5.41) is 5.36. The van der Waals surface area contributed by atoms with Crippen LogP contribution in [0.4, 0.5) is 28.4 Å². The van der Waals surface area contributed by atoms with Gasteiger partial charge < -0.3 is 44.8 Å². The fraction of sp³-hybridized carbons (Fsp3) is 0.460. The average Bonchev–Trinajstić information content (AvgIpc) is 4.21. The maximum Gasteiger partial charge on any atom is 0.433 e. The highest BCUT2D eigenvalue weighted by molar-refractivity contribution is 5.87. The van der Waals surface area contributed by atoms with Gasteiger partial charge in [-0.2, -0.15) is 13.2 Å². The van der Waals surface area contributed by atoms with Gasteiger partial charge in [0.15, 0.2) is 0 Å². The van der Waals surface area contributed by atoms with Crippen LogP contribution in [0.15, 0.2) is 79.3 Å². The number of alkyl halides is 3. The van der Waals surface area contributed by atoms with E-state index in [1.54, 1.807) is 9.80 Å². The number of aromatic nitrogens is 5. The lowest BCUT2D eigenvalue weighted by Gasteiger charge is -2.33. The van der Waals surface area contributed by atoms with E-state index in [2.05, 4.69) is 30.5 Å². The van der Waals surface area contributed by atoms with E-state index in [1.807, 2.05) is 88.6 Å². The molecular weight excluding hydrogens is 894 g/mol. The number of hydrogen-bond donors (Lipinski definition) is 4. The van der Waals surface area contributed by atoms with E-state index >= 15 is 0 Å². The summed E-state index contributed by atoms with van der Waals surface area (Å²) >= 11 is 0. The molecule has 6 atom stereocenters. The van der Waals surface area contributed by atoms with E-state index in [0.29, 0.717) is 54.7 Å². The molecule has 3 aliphatic rings. The number of amides is 4. The maximum atomic E-state index is 13.7. The number of imidazole rings is 2. The van der Waals surface area contributed by atoms with E-state index in [4.69, 9.17) is 19.4 Å². The smallest absolute Gasteiger partial charge is 0.433 e. The number of rotatable bonds is 13. The Morgan fingerprint density at radius 3 is 1.43 bits per heavy atom. The summed E-state index contributed by atoms with van der Waals surface area (Å²) in [6.07, 6.45) is 3.47. The molecule has 6 heterocycles. The van der Waals surface area contributed by atoms with Crippen molar-refractivity contribution in [3.8, 4) is 22.5 Å². The quantitative estimate of drug-likeness (QED) is 0.0886. The Morgan fingerprint density at radius 1 is 0.638 bits per heavy atom. The number of aromatic amines is 2. The van der Waals surface area contributed by atoms with Crippen molar-refractivity contribution in [2.45, 2.75) is 109 Å². The van der Waals surface area contributed by atoms with Gasteiger partial charge in [-0.25, -0.2) is 24.5 Å². The van der Waals surface area contributed by atoms with Crippen molar-refractivity contribution < 1.29 is 41.8 Å².